The molecule has 0 saturated carbocycles. The van der Waals surface area contributed by atoms with Gasteiger partial charge in [-0.2, -0.15) is 0 Å². The van der Waals surface area contributed by atoms with Crippen LogP contribution in [0.5, 0.6) is 0 Å². The smallest absolute Gasteiger partial charge is 0.127 e. The van der Waals surface area contributed by atoms with Crippen LogP contribution in [0, 0.1) is 5.82 Å². The standard InChI is InChI=1S/C14H9BrCl3F/c15-10-4-1-3-8(14(10)18)12(17)7-9-11(16)5-2-6-13(9)19/h1-6,12H,7H2. The summed E-state index contributed by atoms with van der Waals surface area (Å²) in [7, 11) is 0. The zero-order chi connectivity index (χ0) is 14.0. The zero-order valence-electron chi connectivity index (χ0n) is 9.64. The molecule has 0 aliphatic carbocycles. The summed E-state index contributed by atoms with van der Waals surface area (Å²) in [5.41, 5.74) is 1.15. The van der Waals surface area contributed by atoms with Crippen molar-refractivity contribution in [2.24, 2.45) is 0 Å². The highest BCUT2D eigenvalue weighted by Gasteiger charge is 2.17. The largest absolute Gasteiger partial charge is 0.207 e. The Balaban J connectivity index is 2.31. The van der Waals surface area contributed by atoms with Gasteiger partial charge in [0, 0.05) is 15.1 Å². The fourth-order valence-electron chi connectivity index (χ4n) is 1.78. The molecule has 0 saturated heterocycles. The molecule has 0 N–H and O–H groups in total. The molecule has 0 aromatic heterocycles. The summed E-state index contributed by atoms with van der Waals surface area (Å²) in [4.78, 5) is 0. The highest BCUT2D eigenvalue weighted by molar-refractivity contribution is 9.10. The summed E-state index contributed by atoms with van der Waals surface area (Å²) in [6.07, 6.45) is 0.281. The van der Waals surface area contributed by atoms with E-state index in [0.717, 1.165) is 10.0 Å². The SMILES string of the molecule is Fc1cccc(Cl)c1CC(Cl)c1cccc(Br)c1Cl. The Hall–Kier alpha value is -0.280. The van der Waals surface area contributed by atoms with Crippen molar-refractivity contribution in [3.8, 4) is 0 Å². The van der Waals surface area contributed by atoms with Crippen LogP contribution in [0.4, 0.5) is 4.39 Å². The van der Waals surface area contributed by atoms with E-state index in [0.29, 0.717) is 15.6 Å². The van der Waals surface area contributed by atoms with E-state index in [-0.39, 0.29) is 12.2 Å². The Morgan fingerprint density at radius 3 is 2.47 bits per heavy atom. The van der Waals surface area contributed by atoms with Gasteiger partial charge in [0.15, 0.2) is 0 Å². The summed E-state index contributed by atoms with van der Waals surface area (Å²) < 4.78 is 14.5. The molecule has 1 atom stereocenters. The van der Waals surface area contributed by atoms with Crippen LogP contribution in [0.3, 0.4) is 0 Å². The lowest BCUT2D eigenvalue weighted by Crippen LogP contribution is -2.00. The molecule has 1 unspecified atom stereocenters. The highest BCUT2D eigenvalue weighted by atomic mass is 79.9. The average Bonchev–Trinajstić information content (AvgIpc) is 2.37. The van der Waals surface area contributed by atoms with Crippen LogP contribution in [-0.2, 0) is 6.42 Å². The minimum atomic E-state index is -0.445. The number of benzene rings is 2. The zero-order valence-corrected chi connectivity index (χ0v) is 13.5. The number of rotatable bonds is 3. The van der Waals surface area contributed by atoms with Gasteiger partial charge < -0.3 is 0 Å². The lowest BCUT2D eigenvalue weighted by molar-refractivity contribution is 0.607. The molecule has 19 heavy (non-hydrogen) atoms. The Morgan fingerprint density at radius 2 is 1.79 bits per heavy atom. The summed E-state index contributed by atoms with van der Waals surface area (Å²) in [6.45, 7) is 0. The van der Waals surface area contributed by atoms with E-state index < -0.39 is 5.38 Å². The molecular formula is C14H9BrCl3F. The fourth-order valence-corrected chi connectivity index (χ4v) is 3.05. The predicted octanol–water partition coefficient (Wildman–Crippen LogP) is 6.42. The molecule has 5 heteroatoms. The third kappa shape index (κ3) is 3.43. The number of alkyl halides is 1. The van der Waals surface area contributed by atoms with Crippen molar-refractivity contribution in [2.45, 2.75) is 11.8 Å². The number of hydrogen-bond acceptors (Lipinski definition) is 0. The first-order valence-corrected chi connectivity index (χ1v) is 7.50. The van der Waals surface area contributed by atoms with Gasteiger partial charge in [-0.25, -0.2) is 4.39 Å². The van der Waals surface area contributed by atoms with E-state index in [4.69, 9.17) is 34.8 Å². The van der Waals surface area contributed by atoms with E-state index in [1.807, 2.05) is 18.2 Å². The first-order chi connectivity index (χ1) is 9.00. The van der Waals surface area contributed by atoms with Gasteiger partial charge in [0.1, 0.15) is 5.82 Å². The van der Waals surface area contributed by atoms with Gasteiger partial charge in [0.25, 0.3) is 0 Å². The van der Waals surface area contributed by atoms with Crippen molar-refractivity contribution in [2.75, 3.05) is 0 Å². The minimum Gasteiger partial charge on any atom is -0.207 e. The quantitative estimate of drug-likeness (QED) is 0.538. The summed E-state index contributed by atoms with van der Waals surface area (Å²) in [5.74, 6) is -0.357. The van der Waals surface area contributed by atoms with Crippen LogP contribution in [-0.4, -0.2) is 0 Å². The second kappa shape index (κ2) is 6.45. The molecule has 0 heterocycles. The van der Waals surface area contributed by atoms with Crippen LogP contribution in [0.15, 0.2) is 40.9 Å². The second-order valence-corrected chi connectivity index (χ2v) is 6.18. The van der Waals surface area contributed by atoms with E-state index in [2.05, 4.69) is 15.9 Å². The molecule has 2 rings (SSSR count). The maximum Gasteiger partial charge on any atom is 0.127 e. The Morgan fingerprint density at radius 1 is 1.11 bits per heavy atom. The van der Waals surface area contributed by atoms with Crippen molar-refractivity contribution in [3.63, 3.8) is 0 Å². The molecule has 0 spiro atoms. The maximum absolute atomic E-state index is 13.7. The molecule has 2 aromatic rings. The van der Waals surface area contributed by atoms with Gasteiger partial charge in [-0.05, 0) is 46.1 Å². The minimum absolute atomic E-state index is 0.281. The summed E-state index contributed by atoms with van der Waals surface area (Å²) in [6, 6.07) is 10.1. The third-order valence-electron chi connectivity index (χ3n) is 2.76. The Labute approximate surface area is 134 Å². The van der Waals surface area contributed by atoms with E-state index >= 15 is 0 Å². The van der Waals surface area contributed by atoms with E-state index in [9.17, 15) is 4.39 Å². The van der Waals surface area contributed by atoms with Gasteiger partial charge in [0.2, 0.25) is 0 Å². The van der Waals surface area contributed by atoms with Crippen LogP contribution >= 0.6 is 50.7 Å². The van der Waals surface area contributed by atoms with Gasteiger partial charge in [0.05, 0.1) is 10.4 Å². The maximum atomic E-state index is 13.7. The average molecular weight is 382 g/mol. The van der Waals surface area contributed by atoms with E-state index in [1.165, 1.54) is 6.07 Å². The molecule has 0 nitrogen and oxygen atoms in total. The number of hydrogen-bond donors (Lipinski definition) is 0. The van der Waals surface area contributed by atoms with Gasteiger partial charge in [-0.1, -0.05) is 41.4 Å². The topological polar surface area (TPSA) is 0 Å². The first kappa shape index (κ1) is 15.1. The number of halogens is 5. The normalized spacial score (nSPS) is 12.5. The second-order valence-electron chi connectivity index (χ2n) is 4.01. The Kier molecular flexibility index (Phi) is 5.13. The first-order valence-electron chi connectivity index (χ1n) is 5.51. The summed E-state index contributed by atoms with van der Waals surface area (Å²) >= 11 is 21.8. The molecule has 0 bridgehead atoms. The molecule has 0 amide bonds. The molecule has 0 radical (unpaired) electrons. The molecular weight excluding hydrogens is 373 g/mol. The van der Waals surface area contributed by atoms with Crippen LogP contribution < -0.4 is 0 Å². The van der Waals surface area contributed by atoms with Crippen molar-refractivity contribution in [1.29, 1.82) is 0 Å². The van der Waals surface area contributed by atoms with Crippen LogP contribution in [0.25, 0.3) is 0 Å². The Bertz CT molecular complexity index is 581. The fraction of sp³-hybridized carbons (Fsp3) is 0.143. The van der Waals surface area contributed by atoms with Crippen LogP contribution in [0.1, 0.15) is 16.5 Å². The van der Waals surface area contributed by atoms with Gasteiger partial charge >= 0.3 is 0 Å². The molecule has 0 fully saturated rings. The molecule has 100 valence electrons. The monoisotopic (exact) mass is 380 g/mol. The molecule has 2 aromatic carbocycles. The third-order valence-corrected chi connectivity index (χ3v) is 4.82. The van der Waals surface area contributed by atoms with E-state index in [1.54, 1.807) is 12.1 Å². The summed E-state index contributed by atoms with van der Waals surface area (Å²) in [5, 5.41) is 0.464. The van der Waals surface area contributed by atoms with Crippen molar-refractivity contribution in [3.05, 3.63) is 67.9 Å². The lowest BCUT2D eigenvalue weighted by atomic mass is 10.0. The lowest BCUT2D eigenvalue weighted by Gasteiger charge is -2.14. The van der Waals surface area contributed by atoms with Gasteiger partial charge in [-0.15, -0.1) is 11.6 Å². The molecule has 0 aliphatic heterocycles. The van der Waals surface area contributed by atoms with Crippen molar-refractivity contribution >= 4 is 50.7 Å². The molecule has 0 aliphatic rings. The highest BCUT2D eigenvalue weighted by Crippen LogP contribution is 2.36. The van der Waals surface area contributed by atoms with Crippen LogP contribution in [0.2, 0.25) is 10.0 Å². The van der Waals surface area contributed by atoms with Gasteiger partial charge in [-0.3, -0.25) is 0 Å². The predicted molar refractivity (Wildman–Crippen MR) is 82.9 cm³/mol. The van der Waals surface area contributed by atoms with Crippen molar-refractivity contribution in [1.82, 2.24) is 0 Å². The van der Waals surface area contributed by atoms with Crippen molar-refractivity contribution < 1.29 is 4.39 Å².